The van der Waals surface area contributed by atoms with Gasteiger partial charge in [0.2, 0.25) is 0 Å². The smallest absolute Gasteiger partial charge is 0.175 e. The number of rotatable bonds is 2. The van der Waals surface area contributed by atoms with E-state index in [1.54, 1.807) is 12.1 Å². The molecule has 0 spiro atoms. The molecule has 6 heteroatoms. The van der Waals surface area contributed by atoms with Gasteiger partial charge in [-0.05, 0) is 77.3 Å². The number of thiocarbonyl (C=S) groups is 1. The van der Waals surface area contributed by atoms with E-state index in [4.69, 9.17) is 35.4 Å². The first-order valence-corrected chi connectivity index (χ1v) is 7.57. The second-order valence-electron chi connectivity index (χ2n) is 3.71. The predicted octanol–water partition coefficient (Wildman–Crippen LogP) is 5.41. The SMILES string of the molecule is S=C(Nc1ccc(I)cc1)Nc1ccc(Cl)c(Cl)c1. The Hall–Kier alpha value is -0.560. The van der Waals surface area contributed by atoms with Crippen molar-refractivity contribution in [1.82, 2.24) is 0 Å². The Morgan fingerprint density at radius 1 is 0.895 bits per heavy atom. The van der Waals surface area contributed by atoms with Crippen molar-refractivity contribution >= 4 is 74.5 Å². The fraction of sp³-hybridized carbons (Fsp3) is 0. The molecule has 19 heavy (non-hydrogen) atoms. The predicted molar refractivity (Wildman–Crippen MR) is 95.5 cm³/mol. The minimum absolute atomic E-state index is 0.490. The van der Waals surface area contributed by atoms with Gasteiger partial charge in [0.15, 0.2) is 5.11 Å². The van der Waals surface area contributed by atoms with Crippen LogP contribution in [0.2, 0.25) is 10.0 Å². The number of benzene rings is 2. The highest BCUT2D eigenvalue weighted by Gasteiger charge is 2.02. The lowest BCUT2D eigenvalue weighted by molar-refractivity contribution is 1.58. The molecular weight excluding hydrogens is 414 g/mol. The van der Waals surface area contributed by atoms with Gasteiger partial charge < -0.3 is 10.6 Å². The molecule has 0 fully saturated rings. The van der Waals surface area contributed by atoms with E-state index >= 15 is 0 Å². The summed E-state index contributed by atoms with van der Waals surface area (Å²) in [7, 11) is 0. The summed E-state index contributed by atoms with van der Waals surface area (Å²) in [5, 5.41) is 7.65. The molecule has 0 aliphatic carbocycles. The third-order valence-electron chi connectivity index (χ3n) is 2.28. The third kappa shape index (κ3) is 4.49. The molecule has 0 atom stereocenters. The van der Waals surface area contributed by atoms with Crippen molar-refractivity contribution in [3.8, 4) is 0 Å². The van der Waals surface area contributed by atoms with Crippen LogP contribution in [0.15, 0.2) is 42.5 Å². The Labute approximate surface area is 140 Å². The van der Waals surface area contributed by atoms with Crippen LogP contribution >= 0.6 is 58.0 Å². The van der Waals surface area contributed by atoms with E-state index in [1.807, 2.05) is 30.3 Å². The van der Waals surface area contributed by atoms with Crippen molar-refractivity contribution in [2.24, 2.45) is 0 Å². The summed E-state index contributed by atoms with van der Waals surface area (Å²) in [6.07, 6.45) is 0. The van der Waals surface area contributed by atoms with Crippen LogP contribution in [0.25, 0.3) is 0 Å². The zero-order valence-electron chi connectivity index (χ0n) is 9.58. The van der Waals surface area contributed by atoms with Gasteiger partial charge in [-0.15, -0.1) is 0 Å². The molecule has 0 bridgehead atoms. The van der Waals surface area contributed by atoms with Gasteiger partial charge in [0.05, 0.1) is 10.0 Å². The van der Waals surface area contributed by atoms with Crippen molar-refractivity contribution in [2.75, 3.05) is 10.6 Å². The number of halogens is 3. The number of hydrogen-bond donors (Lipinski definition) is 2. The first kappa shape index (κ1) is 14.8. The first-order chi connectivity index (χ1) is 9.04. The fourth-order valence-corrected chi connectivity index (χ4v) is 2.29. The molecule has 2 aromatic carbocycles. The van der Waals surface area contributed by atoms with Gasteiger partial charge >= 0.3 is 0 Å². The second kappa shape index (κ2) is 6.74. The Morgan fingerprint density at radius 2 is 1.47 bits per heavy atom. The van der Waals surface area contributed by atoms with E-state index in [0.29, 0.717) is 15.2 Å². The minimum atomic E-state index is 0.490. The lowest BCUT2D eigenvalue weighted by Crippen LogP contribution is -2.18. The molecule has 0 saturated carbocycles. The summed E-state index contributed by atoms with van der Waals surface area (Å²) in [5.74, 6) is 0. The molecule has 0 aliphatic rings. The Bertz CT molecular complexity index is 602. The summed E-state index contributed by atoms with van der Waals surface area (Å²) < 4.78 is 1.17. The highest BCUT2D eigenvalue weighted by Crippen LogP contribution is 2.25. The molecule has 0 unspecified atom stereocenters. The number of anilines is 2. The average molecular weight is 423 g/mol. The van der Waals surface area contributed by atoms with E-state index in [-0.39, 0.29) is 0 Å². The minimum Gasteiger partial charge on any atom is -0.332 e. The van der Waals surface area contributed by atoms with Crippen LogP contribution in [-0.4, -0.2) is 5.11 Å². The van der Waals surface area contributed by atoms with Crippen molar-refractivity contribution in [3.63, 3.8) is 0 Å². The molecule has 98 valence electrons. The molecule has 0 radical (unpaired) electrons. The number of hydrogen-bond acceptors (Lipinski definition) is 1. The van der Waals surface area contributed by atoms with Crippen LogP contribution in [-0.2, 0) is 0 Å². The van der Waals surface area contributed by atoms with Crippen molar-refractivity contribution in [1.29, 1.82) is 0 Å². The van der Waals surface area contributed by atoms with Gasteiger partial charge in [-0.3, -0.25) is 0 Å². The van der Waals surface area contributed by atoms with Gasteiger partial charge in [0.25, 0.3) is 0 Å². The van der Waals surface area contributed by atoms with E-state index < -0.39 is 0 Å². The quantitative estimate of drug-likeness (QED) is 0.500. The van der Waals surface area contributed by atoms with Crippen LogP contribution in [0, 0.1) is 3.57 Å². The zero-order chi connectivity index (χ0) is 13.8. The average Bonchev–Trinajstić information content (AvgIpc) is 2.37. The topological polar surface area (TPSA) is 24.1 Å². The molecule has 2 N–H and O–H groups in total. The van der Waals surface area contributed by atoms with Gasteiger partial charge in [-0.2, -0.15) is 0 Å². The van der Waals surface area contributed by atoms with Crippen LogP contribution in [0.3, 0.4) is 0 Å². The van der Waals surface area contributed by atoms with Gasteiger partial charge in [0, 0.05) is 14.9 Å². The maximum absolute atomic E-state index is 5.94. The van der Waals surface area contributed by atoms with Crippen LogP contribution in [0.5, 0.6) is 0 Å². The Morgan fingerprint density at radius 3 is 2.11 bits per heavy atom. The molecular formula is C13H9Cl2IN2S. The van der Waals surface area contributed by atoms with Gasteiger partial charge in [-0.25, -0.2) is 0 Å². The van der Waals surface area contributed by atoms with E-state index in [2.05, 4.69) is 33.2 Å². The molecule has 0 amide bonds. The molecule has 0 saturated heterocycles. The maximum Gasteiger partial charge on any atom is 0.175 e. The molecule has 2 aromatic rings. The zero-order valence-corrected chi connectivity index (χ0v) is 14.1. The summed E-state index contributed by atoms with van der Waals surface area (Å²) in [6.45, 7) is 0. The summed E-state index contributed by atoms with van der Waals surface area (Å²) in [6, 6.07) is 13.2. The molecule has 0 aliphatic heterocycles. The van der Waals surface area contributed by atoms with Crippen LogP contribution in [0.4, 0.5) is 11.4 Å². The first-order valence-electron chi connectivity index (χ1n) is 5.33. The van der Waals surface area contributed by atoms with Gasteiger partial charge in [0.1, 0.15) is 0 Å². The lowest BCUT2D eigenvalue weighted by atomic mass is 10.3. The monoisotopic (exact) mass is 422 g/mol. The Balaban J connectivity index is 2.01. The van der Waals surface area contributed by atoms with Crippen molar-refractivity contribution < 1.29 is 0 Å². The fourth-order valence-electron chi connectivity index (χ4n) is 1.40. The van der Waals surface area contributed by atoms with Crippen LogP contribution < -0.4 is 10.6 Å². The lowest BCUT2D eigenvalue weighted by Gasteiger charge is -2.11. The van der Waals surface area contributed by atoms with Crippen molar-refractivity contribution in [2.45, 2.75) is 0 Å². The summed E-state index contributed by atoms with van der Waals surface area (Å²) in [5.41, 5.74) is 1.72. The summed E-state index contributed by atoms with van der Waals surface area (Å²) >= 11 is 19.3. The summed E-state index contributed by atoms with van der Waals surface area (Å²) in [4.78, 5) is 0. The highest BCUT2D eigenvalue weighted by molar-refractivity contribution is 14.1. The molecule has 2 nitrogen and oxygen atoms in total. The number of nitrogens with one attached hydrogen (secondary N) is 2. The molecule has 0 aromatic heterocycles. The van der Waals surface area contributed by atoms with Crippen molar-refractivity contribution in [3.05, 3.63) is 56.1 Å². The van der Waals surface area contributed by atoms with Crippen LogP contribution in [0.1, 0.15) is 0 Å². The Kier molecular flexibility index (Phi) is 5.27. The van der Waals surface area contributed by atoms with E-state index in [1.165, 1.54) is 3.57 Å². The standard InChI is InChI=1S/C13H9Cl2IN2S/c14-11-6-5-10(7-12(11)15)18-13(19)17-9-3-1-8(16)2-4-9/h1-7H,(H2,17,18,19). The van der Waals surface area contributed by atoms with E-state index in [9.17, 15) is 0 Å². The normalized spacial score (nSPS) is 10.1. The van der Waals surface area contributed by atoms with E-state index in [0.717, 1.165) is 11.4 Å². The molecule has 0 heterocycles. The molecule has 2 rings (SSSR count). The maximum atomic E-state index is 5.94. The highest BCUT2D eigenvalue weighted by atomic mass is 127. The van der Waals surface area contributed by atoms with Gasteiger partial charge in [-0.1, -0.05) is 23.2 Å². The third-order valence-corrected chi connectivity index (χ3v) is 3.94. The largest absolute Gasteiger partial charge is 0.332 e. The second-order valence-corrected chi connectivity index (χ2v) is 6.18.